The lowest BCUT2D eigenvalue weighted by molar-refractivity contribution is -0.129. The van der Waals surface area contributed by atoms with E-state index in [1.165, 1.54) is 0 Å². The molecule has 1 amide bonds. The highest BCUT2D eigenvalue weighted by molar-refractivity contribution is 5.80. The molecule has 1 aromatic carbocycles. The summed E-state index contributed by atoms with van der Waals surface area (Å²) >= 11 is 0. The predicted molar refractivity (Wildman–Crippen MR) is 73.8 cm³/mol. The number of ether oxygens (including phenoxy) is 2. The molecule has 1 aliphatic rings. The van der Waals surface area contributed by atoms with Crippen molar-refractivity contribution in [2.45, 2.75) is 26.2 Å². The Bertz CT molecular complexity index is 465. The van der Waals surface area contributed by atoms with Crippen LogP contribution in [0.2, 0.25) is 0 Å². The molecule has 19 heavy (non-hydrogen) atoms. The van der Waals surface area contributed by atoms with Gasteiger partial charge in [-0.3, -0.25) is 4.79 Å². The van der Waals surface area contributed by atoms with Gasteiger partial charge in [0.05, 0.1) is 20.6 Å². The molecule has 2 rings (SSSR count). The fourth-order valence-electron chi connectivity index (χ4n) is 2.49. The standard InChI is InChI=1S/C15H21NO3/c1-11-8-14(19-3)12(9-13(11)18-2)10-15(17)16-6-4-5-7-16/h8-9H,4-7,10H2,1-3H3. The highest BCUT2D eigenvalue weighted by atomic mass is 16.5. The van der Waals surface area contributed by atoms with E-state index < -0.39 is 0 Å². The Morgan fingerprint density at radius 1 is 1.16 bits per heavy atom. The average molecular weight is 263 g/mol. The van der Waals surface area contributed by atoms with Crippen LogP contribution in [0.4, 0.5) is 0 Å². The largest absolute Gasteiger partial charge is 0.496 e. The highest BCUT2D eigenvalue weighted by Crippen LogP contribution is 2.29. The first-order valence-electron chi connectivity index (χ1n) is 6.65. The molecule has 1 aromatic rings. The summed E-state index contributed by atoms with van der Waals surface area (Å²) in [6.45, 7) is 3.72. The Morgan fingerprint density at radius 3 is 2.37 bits per heavy atom. The maximum atomic E-state index is 12.2. The monoisotopic (exact) mass is 263 g/mol. The zero-order valence-electron chi connectivity index (χ0n) is 11.9. The molecule has 1 heterocycles. The Morgan fingerprint density at radius 2 is 1.79 bits per heavy atom. The minimum absolute atomic E-state index is 0.168. The number of hydrogen-bond donors (Lipinski definition) is 0. The van der Waals surface area contributed by atoms with Crippen LogP contribution in [-0.2, 0) is 11.2 Å². The number of hydrogen-bond acceptors (Lipinski definition) is 3. The molecule has 0 aliphatic carbocycles. The van der Waals surface area contributed by atoms with Gasteiger partial charge in [0, 0.05) is 18.7 Å². The number of carbonyl (C=O) groups is 1. The summed E-state index contributed by atoms with van der Waals surface area (Å²) < 4.78 is 10.7. The highest BCUT2D eigenvalue weighted by Gasteiger charge is 2.20. The lowest BCUT2D eigenvalue weighted by atomic mass is 10.1. The van der Waals surface area contributed by atoms with Gasteiger partial charge < -0.3 is 14.4 Å². The van der Waals surface area contributed by atoms with E-state index in [0.29, 0.717) is 6.42 Å². The van der Waals surface area contributed by atoms with E-state index in [9.17, 15) is 4.79 Å². The first-order chi connectivity index (χ1) is 9.15. The van der Waals surface area contributed by atoms with Crippen LogP contribution in [0.25, 0.3) is 0 Å². The van der Waals surface area contributed by atoms with Crippen molar-refractivity contribution in [2.75, 3.05) is 27.3 Å². The van der Waals surface area contributed by atoms with E-state index in [-0.39, 0.29) is 5.91 Å². The van der Waals surface area contributed by atoms with E-state index in [1.54, 1.807) is 14.2 Å². The number of aryl methyl sites for hydroxylation is 1. The number of likely N-dealkylation sites (tertiary alicyclic amines) is 1. The Labute approximate surface area is 114 Å². The van der Waals surface area contributed by atoms with Gasteiger partial charge in [0.1, 0.15) is 11.5 Å². The number of benzene rings is 1. The van der Waals surface area contributed by atoms with Crippen molar-refractivity contribution in [2.24, 2.45) is 0 Å². The van der Waals surface area contributed by atoms with Gasteiger partial charge in [-0.25, -0.2) is 0 Å². The van der Waals surface area contributed by atoms with Gasteiger partial charge >= 0.3 is 0 Å². The molecule has 0 atom stereocenters. The summed E-state index contributed by atoms with van der Waals surface area (Å²) in [5.74, 6) is 1.72. The van der Waals surface area contributed by atoms with Gasteiger partial charge in [-0.05, 0) is 37.5 Å². The summed E-state index contributed by atoms with van der Waals surface area (Å²) in [6, 6.07) is 3.83. The van der Waals surface area contributed by atoms with Crippen LogP contribution in [0.3, 0.4) is 0 Å². The van der Waals surface area contributed by atoms with Crippen LogP contribution in [0.15, 0.2) is 12.1 Å². The predicted octanol–water partition coefficient (Wildman–Crippen LogP) is 2.18. The van der Waals surface area contributed by atoms with Gasteiger partial charge in [0.25, 0.3) is 0 Å². The van der Waals surface area contributed by atoms with Crippen molar-refractivity contribution < 1.29 is 14.3 Å². The molecule has 4 nitrogen and oxygen atoms in total. The molecule has 0 aromatic heterocycles. The maximum Gasteiger partial charge on any atom is 0.227 e. The molecule has 0 unspecified atom stereocenters. The second-order valence-electron chi connectivity index (χ2n) is 4.90. The molecule has 104 valence electrons. The second kappa shape index (κ2) is 5.95. The zero-order chi connectivity index (χ0) is 13.8. The van der Waals surface area contributed by atoms with E-state index in [1.807, 2.05) is 24.0 Å². The van der Waals surface area contributed by atoms with Crippen molar-refractivity contribution >= 4 is 5.91 Å². The van der Waals surface area contributed by atoms with E-state index in [4.69, 9.17) is 9.47 Å². The lowest BCUT2D eigenvalue weighted by Crippen LogP contribution is -2.29. The smallest absolute Gasteiger partial charge is 0.227 e. The topological polar surface area (TPSA) is 38.8 Å². The van der Waals surface area contributed by atoms with E-state index in [2.05, 4.69) is 0 Å². The van der Waals surface area contributed by atoms with Crippen molar-refractivity contribution in [1.29, 1.82) is 0 Å². The van der Waals surface area contributed by atoms with E-state index >= 15 is 0 Å². The van der Waals surface area contributed by atoms with Crippen molar-refractivity contribution in [1.82, 2.24) is 4.90 Å². The summed E-state index contributed by atoms with van der Waals surface area (Å²) in [5.41, 5.74) is 1.90. The van der Waals surface area contributed by atoms with Crippen molar-refractivity contribution in [3.05, 3.63) is 23.3 Å². The van der Waals surface area contributed by atoms with Crippen molar-refractivity contribution in [3.63, 3.8) is 0 Å². The van der Waals surface area contributed by atoms with Crippen LogP contribution in [0.5, 0.6) is 11.5 Å². The molecule has 0 bridgehead atoms. The SMILES string of the molecule is COc1cc(CC(=O)N2CCCC2)c(OC)cc1C. The van der Waals surface area contributed by atoms with Crippen LogP contribution in [0.1, 0.15) is 24.0 Å². The second-order valence-corrected chi connectivity index (χ2v) is 4.90. The fourth-order valence-corrected chi connectivity index (χ4v) is 2.49. The Balaban J connectivity index is 2.20. The van der Waals surface area contributed by atoms with Crippen LogP contribution < -0.4 is 9.47 Å². The Hall–Kier alpha value is -1.71. The van der Waals surface area contributed by atoms with Crippen LogP contribution in [-0.4, -0.2) is 38.1 Å². The summed E-state index contributed by atoms with van der Waals surface area (Å²) in [4.78, 5) is 14.1. The van der Waals surface area contributed by atoms with Crippen LogP contribution >= 0.6 is 0 Å². The third-order valence-corrected chi connectivity index (χ3v) is 3.60. The maximum absolute atomic E-state index is 12.2. The molecule has 1 saturated heterocycles. The zero-order valence-corrected chi connectivity index (χ0v) is 11.9. The molecule has 1 aliphatic heterocycles. The lowest BCUT2D eigenvalue weighted by Gasteiger charge is -2.17. The third-order valence-electron chi connectivity index (χ3n) is 3.60. The summed E-state index contributed by atoms with van der Waals surface area (Å²) in [6.07, 6.45) is 2.60. The van der Waals surface area contributed by atoms with Gasteiger partial charge in [-0.2, -0.15) is 0 Å². The minimum Gasteiger partial charge on any atom is -0.496 e. The fraction of sp³-hybridized carbons (Fsp3) is 0.533. The molecule has 0 radical (unpaired) electrons. The molecule has 0 N–H and O–H groups in total. The molecular formula is C15H21NO3. The number of carbonyl (C=O) groups excluding carboxylic acids is 1. The molecule has 1 fully saturated rings. The number of amides is 1. The normalized spacial score (nSPS) is 14.6. The van der Waals surface area contributed by atoms with Gasteiger partial charge in [-0.1, -0.05) is 0 Å². The minimum atomic E-state index is 0.168. The quantitative estimate of drug-likeness (QED) is 0.835. The average Bonchev–Trinajstić information content (AvgIpc) is 2.94. The molecule has 0 spiro atoms. The van der Waals surface area contributed by atoms with Crippen LogP contribution in [0, 0.1) is 6.92 Å². The summed E-state index contributed by atoms with van der Waals surface area (Å²) in [7, 11) is 3.27. The molecular weight excluding hydrogens is 242 g/mol. The molecule has 0 saturated carbocycles. The molecule has 4 heteroatoms. The van der Waals surface area contributed by atoms with Gasteiger partial charge in [-0.15, -0.1) is 0 Å². The van der Waals surface area contributed by atoms with Crippen molar-refractivity contribution in [3.8, 4) is 11.5 Å². The number of methoxy groups -OCH3 is 2. The van der Waals surface area contributed by atoms with E-state index in [0.717, 1.165) is 48.6 Å². The number of rotatable bonds is 4. The summed E-state index contributed by atoms with van der Waals surface area (Å²) in [5, 5.41) is 0. The first kappa shape index (κ1) is 13.7. The van der Waals surface area contributed by atoms with Gasteiger partial charge in [0.2, 0.25) is 5.91 Å². The number of nitrogens with zero attached hydrogens (tertiary/aromatic N) is 1. The Kier molecular flexibility index (Phi) is 4.30. The third kappa shape index (κ3) is 3.00. The first-order valence-corrected chi connectivity index (χ1v) is 6.65. The van der Waals surface area contributed by atoms with Gasteiger partial charge in [0.15, 0.2) is 0 Å².